The maximum atomic E-state index is 13.9. The Hall–Kier alpha value is -1.62. The third-order valence-corrected chi connectivity index (χ3v) is 4.11. The number of hydrogen-bond donors (Lipinski definition) is 1. The number of rotatable bonds is 3. The number of nitrogens with zero attached hydrogens (tertiary/aromatic N) is 2. The van der Waals surface area contributed by atoms with Gasteiger partial charge in [0.25, 0.3) is 0 Å². The SMILES string of the molecule is Cc1cn(C2CCCC2)c(Nc2c(F)cc(F)cc2Cl)n1. The zero-order chi connectivity index (χ0) is 15.0. The molecule has 3 nitrogen and oxygen atoms in total. The summed E-state index contributed by atoms with van der Waals surface area (Å²) in [5, 5.41) is 2.92. The molecule has 0 saturated heterocycles. The molecule has 0 spiro atoms. The Labute approximate surface area is 126 Å². The van der Waals surface area contributed by atoms with Crippen molar-refractivity contribution >= 4 is 23.2 Å². The van der Waals surface area contributed by atoms with E-state index >= 15 is 0 Å². The Morgan fingerprint density at radius 3 is 2.67 bits per heavy atom. The second kappa shape index (κ2) is 5.64. The van der Waals surface area contributed by atoms with Crippen LogP contribution < -0.4 is 5.32 Å². The van der Waals surface area contributed by atoms with Crippen LogP contribution in [-0.2, 0) is 0 Å². The van der Waals surface area contributed by atoms with Gasteiger partial charge in [0.2, 0.25) is 5.95 Å². The normalized spacial score (nSPS) is 15.6. The average Bonchev–Trinajstić information content (AvgIpc) is 3.02. The number of anilines is 2. The van der Waals surface area contributed by atoms with Gasteiger partial charge in [-0.2, -0.15) is 0 Å². The lowest BCUT2D eigenvalue weighted by atomic mass is 10.2. The molecule has 0 unspecified atom stereocenters. The molecule has 0 aliphatic heterocycles. The predicted molar refractivity (Wildman–Crippen MR) is 79.1 cm³/mol. The van der Waals surface area contributed by atoms with Crippen LogP contribution >= 0.6 is 11.6 Å². The number of benzene rings is 1. The summed E-state index contributed by atoms with van der Waals surface area (Å²) in [7, 11) is 0. The Kier molecular flexibility index (Phi) is 3.85. The van der Waals surface area contributed by atoms with Gasteiger partial charge in [-0.25, -0.2) is 13.8 Å². The molecule has 0 atom stereocenters. The van der Waals surface area contributed by atoms with Gasteiger partial charge in [0.15, 0.2) is 5.82 Å². The lowest BCUT2D eigenvalue weighted by molar-refractivity contribution is 0.524. The van der Waals surface area contributed by atoms with Gasteiger partial charge in [-0.1, -0.05) is 24.4 Å². The second-order valence-electron chi connectivity index (χ2n) is 5.42. The molecule has 1 aliphatic rings. The molecule has 21 heavy (non-hydrogen) atoms. The highest BCUT2D eigenvalue weighted by Gasteiger charge is 2.21. The van der Waals surface area contributed by atoms with Crippen molar-refractivity contribution in [1.82, 2.24) is 9.55 Å². The monoisotopic (exact) mass is 311 g/mol. The smallest absolute Gasteiger partial charge is 0.207 e. The number of imidazole rings is 1. The van der Waals surface area contributed by atoms with E-state index < -0.39 is 11.6 Å². The number of hydrogen-bond acceptors (Lipinski definition) is 2. The summed E-state index contributed by atoms with van der Waals surface area (Å²) in [4.78, 5) is 4.39. The molecule has 1 N–H and O–H groups in total. The zero-order valence-corrected chi connectivity index (χ0v) is 12.4. The summed E-state index contributed by atoms with van der Waals surface area (Å²) in [6.45, 7) is 1.89. The third-order valence-electron chi connectivity index (χ3n) is 3.81. The van der Waals surface area contributed by atoms with Crippen molar-refractivity contribution in [2.75, 3.05) is 5.32 Å². The molecule has 3 rings (SSSR count). The van der Waals surface area contributed by atoms with E-state index in [1.165, 1.54) is 12.8 Å². The van der Waals surface area contributed by atoms with Gasteiger partial charge >= 0.3 is 0 Å². The number of aryl methyl sites for hydroxylation is 1. The molecule has 1 aliphatic carbocycles. The molecule has 1 aromatic carbocycles. The van der Waals surface area contributed by atoms with E-state index in [1.807, 2.05) is 17.7 Å². The van der Waals surface area contributed by atoms with Gasteiger partial charge < -0.3 is 9.88 Å². The fourth-order valence-electron chi connectivity index (χ4n) is 2.84. The first-order valence-corrected chi connectivity index (χ1v) is 7.39. The van der Waals surface area contributed by atoms with Gasteiger partial charge in [0.05, 0.1) is 16.4 Å². The topological polar surface area (TPSA) is 29.9 Å². The van der Waals surface area contributed by atoms with Crippen molar-refractivity contribution in [3.63, 3.8) is 0 Å². The maximum absolute atomic E-state index is 13.9. The van der Waals surface area contributed by atoms with Gasteiger partial charge in [0.1, 0.15) is 5.82 Å². The van der Waals surface area contributed by atoms with Crippen LogP contribution in [0.4, 0.5) is 20.4 Å². The standard InChI is InChI=1S/C15H16ClF2N3/c1-9-8-21(11-4-2-3-5-11)15(19-9)20-14-12(16)6-10(17)7-13(14)18/h6-8,11H,2-5H2,1H3,(H,19,20). The molecule has 1 fully saturated rings. The van der Waals surface area contributed by atoms with Crippen molar-refractivity contribution in [3.8, 4) is 0 Å². The summed E-state index contributed by atoms with van der Waals surface area (Å²) >= 11 is 5.92. The molecule has 0 radical (unpaired) electrons. The molecule has 0 bridgehead atoms. The molecule has 1 aromatic heterocycles. The molecular formula is C15H16ClF2N3. The average molecular weight is 312 g/mol. The minimum atomic E-state index is -0.723. The Morgan fingerprint density at radius 2 is 2.00 bits per heavy atom. The lowest BCUT2D eigenvalue weighted by Crippen LogP contribution is -2.09. The van der Waals surface area contributed by atoms with Crippen LogP contribution in [0.2, 0.25) is 5.02 Å². The predicted octanol–water partition coefficient (Wildman–Crippen LogP) is 4.98. The number of aromatic nitrogens is 2. The first kappa shape index (κ1) is 14.3. The maximum Gasteiger partial charge on any atom is 0.207 e. The minimum Gasteiger partial charge on any atom is -0.322 e. The van der Waals surface area contributed by atoms with Crippen LogP contribution in [0.15, 0.2) is 18.3 Å². The van der Waals surface area contributed by atoms with Gasteiger partial charge in [-0.3, -0.25) is 0 Å². The van der Waals surface area contributed by atoms with Crippen LogP contribution in [0.5, 0.6) is 0 Å². The van der Waals surface area contributed by atoms with E-state index in [4.69, 9.17) is 11.6 Å². The number of nitrogens with one attached hydrogen (secondary N) is 1. The summed E-state index contributed by atoms with van der Waals surface area (Å²) in [5.74, 6) is -0.871. The van der Waals surface area contributed by atoms with Crippen LogP contribution in [-0.4, -0.2) is 9.55 Å². The van der Waals surface area contributed by atoms with Crippen molar-refractivity contribution in [2.45, 2.75) is 38.6 Å². The Bertz CT molecular complexity index is 640. The van der Waals surface area contributed by atoms with E-state index in [9.17, 15) is 8.78 Å². The Balaban J connectivity index is 1.95. The van der Waals surface area contributed by atoms with Gasteiger partial charge in [0, 0.05) is 18.3 Å². The van der Waals surface area contributed by atoms with E-state index in [-0.39, 0.29) is 10.7 Å². The fraction of sp³-hybridized carbons (Fsp3) is 0.400. The molecule has 2 aromatic rings. The van der Waals surface area contributed by atoms with E-state index in [2.05, 4.69) is 10.3 Å². The van der Waals surface area contributed by atoms with E-state index in [0.29, 0.717) is 12.0 Å². The van der Waals surface area contributed by atoms with Crippen molar-refractivity contribution in [1.29, 1.82) is 0 Å². The first-order chi connectivity index (χ1) is 10.0. The third kappa shape index (κ3) is 2.88. The summed E-state index contributed by atoms with van der Waals surface area (Å²) in [5.41, 5.74) is 0.908. The molecule has 1 saturated carbocycles. The molecule has 112 valence electrons. The molecule has 1 heterocycles. The Morgan fingerprint density at radius 1 is 1.29 bits per heavy atom. The zero-order valence-electron chi connectivity index (χ0n) is 11.7. The summed E-state index contributed by atoms with van der Waals surface area (Å²) in [6.07, 6.45) is 6.50. The van der Waals surface area contributed by atoms with Gasteiger partial charge in [-0.05, 0) is 25.8 Å². The van der Waals surface area contributed by atoms with Crippen LogP contribution in [0.1, 0.15) is 37.4 Å². The van der Waals surface area contributed by atoms with Crippen LogP contribution in [0.25, 0.3) is 0 Å². The highest BCUT2D eigenvalue weighted by atomic mass is 35.5. The highest BCUT2D eigenvalue weighted by molar-refractivity contribution is 6.33. The molecular weight excluding hydrogens is 296 g/mol. The highest BCUT2D eigenvalue weighted by Crippen LogP contribution is 2.34. The molecule has 0 amide bonds. The van der Waals surface area contributed by atoms with E-state index in [0.717, 1.165) is 30.7 Å². The van der Waals surface area contributed by atoms with Crippen molar-refractivity contribution in [3.05, 3.63) is 40.7 Å². The lowest BCUT2D eigenvalue weighted by Gasteiger charge is -2.16. The minimum absolute atomic E-state index is 0.00567. The fourth-order valence-corrected chi connectivity index (χ4v) is 3.08. The first-order valence-electron chi connectivity index (χ1n) is 7.01. The molecule has 6 heteroatoms. The van der Waals surface area contributed by atoms with E-state index in [1.54, 1.807) is 0 Å². The second-order valence-corrected chi connectivity index (χ2v) is 5.83. The van der Waals surface area contributed by atoms with Crippen molar-refractivity contribution < 1.29 is 8.78 Å². The van der Waals surface area contributed by atoms with Crippen molar-refractivity contribution in [2.24, 2.45) is 0 Å². The van der Waals surface area contributed by atoms with Crippen LogP contribution in [0.3, 0.4) is 0 Å². The van der Waals surface area contributed by atoms with Gasteiger partial charge in [-0.15, -0.1) is 0 Å². The largest absolute Gasteiger partial charge is 0.322 e. The number of halogens is 3. The summed E-state index contributed by atoms with van der Waals surface area (Å²) < 4.78 is 29.0. The summed E-state index contributed by atoms with van der Waals surface area (Å²) in [6, 6.07) is 2.27. The van der Waals surface area contributed by atoms with Crippen LogP contribution in [0, 0.1) is 18.6 Å². The quantitative estimate of drug-likeness (QED) is 0.866.